The number of fused-ring (bicyclic) bond motifs is 1. The number of halogens is 1. The molecule has 0 aliphatic carbocycles. The Hall–Kier alpha value is -2.24. The minimum absolute atomic E-state index is 0.0681. The zero-order valence-electron chi connectivity index (χ0n) is 9.94. The fourth-order valence-corrected chi connectivity index (χ4v) is 1.45. The summed E-state index contributed by atoms with van der Waals surface area (Å²) in [7, 11) is 0. The fraction of sp³-hybridized carbons (Fsp3) is 0.250. The highest BCUT2D eigenvalue weighted by molar-refractivity contribution is 5.94. The second-order valence-electron chi connectivity index (χ2n) is 4.21. The summed E-state index contributed by atoms with van der Waals surface area (Å²) in [5.74, 6) is -1.37. The lowest BCUT2D eigenvalue weighted by molar-refractivity contribution is -0.121. The maximum Gasteiger partial charge on any atom is 0.267 e. The summed E-state index contributed by atoms with van der Waals surface area (Å²) in [6.07, 6.45) is 0. The molecule has 0 fully saturated rings. The number of carbonyl (C=O) groups is 1. The van der Waals surface area contributed by atoms with E-state index in [1.54, 1.807) is 13.8 Å². The van der Waals surface area contributed by atoms with Gasteiger partial charge in [0.2, 0.25) is 5.88 Å². The Labute approximate surface area is 102 Å². The van der Waals surface area contributed by atoms with E-state index in [0.29, 0.717) is 10.9 Å². The van der Waals surface area contributed by atoms with Gasteiger partial charge < -0.3 is 10.1 Å². The standard InChI is InChI=1S/C12H12FN3O2/c1-6(2)11(17)16-15-10-8-5-7(13)3-4-9(8)14-12(10)18/h3-6,14,18H,1-2H3. The molecular weight excluding hydrogens is 237 g/mol. The molecule has 0 unspecified atom stereocenters. The Bertz CT molecular complexity index is 632. The summed E-state index contributed by atoms with van der Waals surface area (Å²) in [6.45, 7) is 3.38. The molecule has 0 radical (unpaired) electrons. The molecule has 18 heavy (non-hydrogen) atoms. The number of H-pyrrole nitrogens is 1. The van der Waals surface area contributed by atoms with Crippen LogP contribution in [0, 0.1) is 11.7 Å². The quantitative estimate of drug-likeness (QED) is 0.801. The number of rotatable bonds is 2. The predicted octanol–water partition coefficient (Wildman–Crippen LogP) is 3.28. The maximum absolute atomic E-state index is 13.1. The van der Waals surface area contributed by atoms with Gasteiger partial charge in [-0.1, -0.05) is 13.8 Å². The minimum Gasteiger partial charge on any atom is -0.493 e. The van der Waals surface area contributed by atoms with Gasteiger partial charge in [-0.15, -0.1) is 10.2 Å². The number of nitrogens with one attached hydrogen (secondary N) is 1. The predicted molar refractivity (Wildman–Crippen MR) is 64.3 cm³/mol. The number of aromatic hydroxyl groups is 1. The van der Waals surface area contributed by atoms with Crippen molar-refractivity contribution < 1.29 is 14.3 Å². The Morgan fingerprint density at radius 3 is 2.83 bits per heavy atom. The Morgan fingerprint density at radius 1 is 1.44 bits per heavy atom. The van der Waals surface area contributed by atoms with Gasteiger partial charge in [0.05, 0.1) is 5.52 Å². The van der Waals surface area contributed by atoms with E-state index in [1.165, 1.54) is 18.2 Å². The van der Waals surface area contributed by atoms with Crippen molar-refractivity contribution in [2.75, 3.05) is 0 Å². The lowest BCUT2D eigenvalue weighted by atomic mass is 10.2. The molecule has 6 heteroatoms. The molecule has 2 N–H and O–H groups in total. The normalized spacial score (nSPS) is 11.8. The summed E-state index contributed by atoms with van der Waals surface area (Å²) in [4.78, 5) is 14.0. The lowest BCUT2D eigenvalue weighted by Gasteiger charge is -1.95. The van der Waals surface area contributed by atoms with E-state index in [4.69, 9.17) is 0 Å². The molecule has 1 heterocycles. The molecule has 1 aromatic heterocycles. The number of hydrogen-bond donors (Lipinski definition) is 2. The fourth-order valence-electron chi connectivity index (χ4n) is 1.45. The van der Waals surface area contributed by atoms with Crippen molar-refractivity contribution in [3.8, 4) is 5.88 Å². The first-order valence-corrected chi connectivity index (χ1v) is 5.45. The van der Waals surface area contributed by atoms with E-state index >= 15 is 0 Å². The summed E-state index contributed by atoms with van der Waals surface area (Å²) in [6, 6.07) is 3.96. The van der Waals surface area contributed by atoms with Gasteiger partial charge in [0.25, 0.3) is 5.91 Å². The van der Waals surface area contributed by atoms with Crippen LogP contribution in [0.4, 0.5) is 10.1 Å². The van der Waals surface area contributed by atoms with Crippen LogP contribution < -0.4 is 0 Å². The molecule has 5 nitrogen and oxygen atoms in total. The van der Waals surface area contributed by atoms with Crippen LogP contribution in [0.5, 0.6) is 5.88 Å². The average molecular weight is 249 g/mol. The minimum atomic E-state index is -0.451. The Kier molecular flexibility index (Phi) is 3.10. The number of carbonyl (C=O) groups excluding carboxylic acids is 1. The van der Waals surface area contributed by atoms with Gasteiger partial charge in [0.15, 0.2) is 5.69 Å². The van der Waals surface area contributed by atoms with Crippen molar-refractivity contribution >= 4 is 22.5 Å². The van der Waals surface area contributed by atoms with Gasteiger partial charge >= 0.3 is 0 Å². The molecule has 1 aromatic carbocycles. The highest BCUT2D eigenvalue weighted by atomic mass is 19.1. The van der Waals surface area contributed by atoms with Crippen LogP contribution in [0.1, 0.15) is 13.8 Å². The molecule has 0 saturated carbocycles. The monoisotopic (exact) mass is 249 g/mol. The molecule has 94 valence electrons. The molecule has 0 bridgehead atoms. The summed E-state index contributed by atoms with van der Waals surface area (Å²) < 4.78 is 13.1. The second kappa shape index (κ2) is 4.56. The summed E-state index contributed by atoms with van der Waals surface area (Å²) in [5, 5.41) is 17.2. The maximum atomic E-state index is 13.1. The van der Waals surface area contributed by atoms with Crippen LogP contribution >= 0.6 is 0 Å². The molecular formula is C12H12FN3O2. The van der Waals surface area contributed by atoms with Crippen molar-refractivity contribution in [3.63, 3.8) is 0 Å². The molecule has 2 rings (SSSR count). The highest BCUT2D eigenvalue weighted by Gasteiger charge is 2.12. The third-order valence-corrected chi connectivity index (χ3v) is 2.46. The third-order valence-electron chi connectivity index (χ3n) is 2.46. The molecule has 0 aliphatic rings. The number of nitrogens with zero attached hydrogens (tertiary/aromatic N) is 2. The zero-order valence-corrected chi connectivity index (χ0v) is 9.94. The van der Waals surface area contributed by atoms with Gasteiger partial charge in [0.1, 0.15) is 5.82 Å². The average Bonchev–Trinajstić information content (AvgIpc) is 2.61. The van der Waals surface area contributed by atoms with E-state index in [9.17, 15) is 14.3 Å². The van der Waals surface area contributed by atoms with Crippen LogP contribution in [-0.4, -0.2) is 16.0 Å². The number of amides is 1. The van der Waals surface area contributed by atoms with E-state index in [2.05, 4.69) is 15.2 Å². The van der Waals surface area contributed by atoms with E-state index in [0.717, 1.165) is 0 Å². The van der Waals surface area contributed by atoms with Crippen molar-refractivity contribution in [2.24, 2.45) is 16.1 Å². The summed E-state index contributed by atoms with van der Waals surface area (Å²) in [5.41, 5.74) is 0.596. The zero-order chi connectivity index (χ0) is 13.3. The topological polar surface area (TPSA) is 77.8 Å². The summed E-state index contributed by atoms with van der Waals surface area (Å²) >= 11 is 0. The third kappa shape index (κ3) is 2.22. The van der Waals surface area contributed by atoms with Crippen molar-refractivity contribution in [1.82, 2.24) is 4.98 Å². The molecule has 1 amide bonds. The molecule has 0 aliphatic heterocycles. The SMILES string of the molecule is CC(C)C(=O)N=Nc1c(O)[nH]c2ccc(F)cc12. The van der Waals surface area contributed by atoms with Crippen LogP contribution in [0.2, 0.25) is 0 Å². The first kappa shape index (κ1) is 12.2. The van der Waals surface area contributed by atoms with Crippen LogP contribution in [0.15, 0.2) is 28.4 Å². The number of aromatic nitrogens is 1. The number of hydrogen-bond acceptors (Lipinski definition) is 3. The van der Waals surface area contributed by atoms with E-state index in [-0.39, 0.29) is 17.5 Å². The van der Waals surface area contributed by atoms with Crippen molar-refractivity contribution in [1.29, 1.82) is 0 Å². The smallest absolute Gasteiger partial charge is 0.267 e. The second-order valence-corrected chi connectivity index (χ2v) is 4.21. The largest absolute Gasteiger partial charge is 0.493 e. The van der Waals surface area contributed by atoms with Crippen molar-refractivity contribution in [2.45, 2.75) is 13.8 Å². The number of aromatic amines is 1. The first-order valence-electron chi connectivity index (χ1n) is 5.45. The van der Waals surface area contributed by atoms with Crippen molar-refractivity contribution in [3.05, 3.63) is 24.0 Å². The Balaban J connectivity index is 2.47. The van der Waals surface area contributed by atoms with Gasteiger partial charge in [0, 0.05) is 11.3 Å². The van der Waals surface area contributed by atoms with E-state index < -0.39 is 11.7 Å². The van der Waals surface area contributed by atoms with Gasteiger partial charge in [-0.2, -0.15) is 0 Å². The van der Waals surface area contributed by atoms with Gasteiger partial charge in [-0.25, -0.2) is 4.39 Å². The van der Waals surface area contributed by atoms with Gasteiger partial charge in [-0.3, -0.25) is 4.79 Å². The van der Waals surface area contributed by atoms with Gasteiger partial charge in [-0.05, 0) is 18.2 Å². The number of azo groups is 1. The lowest BCUT2D eigenvalue weighted by Crippen LogP contribution is -2.01. The number of benzene rings is 1. The molecule has 0 atom stereocenters. The Morgan fingerprint density at radius 2 is 2.17 bits per heavy atom. The van der Waals surface area contributed by atoms with E-state index in [1.807, 2.05) is 0 Å². The molecule has 0 spiro atoms. The first-order chi connectivity index (χ1) is 8.49. The molecule has 0 saturated heterocycles. The van der Waals surface area contributed by atoms with Crippen LogP contribution in [0.3, 0.4) is 0 Å². The van der Waals surface area contributed by atoms with Crippen LogP contribution in [-0.2, 0) is 4.79 Å². The molecule has 2 aromatic rings. The van der Waals surface area contributed by atoms with Crippen LogP contribution in [0.25, 0.3) is 10.9 Å². The highest BCUT2D eigenvalue weighted by Crippen LogP contribution is 2.35.